The van der Waals surface area contributed by atoms with Gasteiger partial charge in [-0.15, -0.1) is 0 Å². The Kier molecular flexibility index (Phi) is 3.55. The van der Waals surface area contributed by atoms with Gasteiger partial charge in [-0.2, -0.15) is 5.26 Å². The molecule has 3 rings (SSSR count). The molecule has 2 aliphatic carbocycles. The summed E-state index contributed by atoms with van der Waals surface area (Å²) in [6.45, 7) is 4.42. The van der Waals surface area contributed by atoms with Crippen molar-refractivity contribution < 1.29 is 9.47 Å². The average molecular weight is 217 g/mol. The van der Waals surface area contributed by atoms with Crippen LogP contribution in [-0.4, -0.2) is 20.0 Å². The van der Waals surface area contributed by atoms with Gasteiger partial charge in [0, 0.05) is 5.92 Å². The van der Waals surface area contributed by atoms with Gasteiger partial charge in [0.25, 0.3) is 0 Å². The SMILES string of the molecule is CCC1COCOC1.N#Cc1cc2ccc1=2. The first-order valence-corrected chi connectivity index (χ1v) is 5.55. The molecule has 0 aromatic heterocycles. The highest BCUT2D eigenvalue weighted by molar-refractivity contribution is 5.41. The molecule has 0 unspecified atom stereocenters. The minimum absolute atomic E-state index is 0.497. The van der Waals surface area contributed by atoms with E-state index >= 15 is 0 Å². The first-order valence-electron chi connectivity index (χ1n) is 5.55. The van der Waals surface area contributed by atoms with Gasteiger partial charge in [-0.1, -0.05) is 19.1 Å². The molecule has 16 heavy (non-hydrogen) atoms. The van der Waals surface area contributed by atoms with E-state index in [1.807, 2.05) is 18.2 Å². The summed E-state index contributed by atoms with van der Waals surface area (Å²) in [6.07, 6.45) is 1.17. The number of nitriles is 1. The van der Waals surface area contributed by atoms with Crippen molar-refractivity contribution in [2.45, 2.75) is 13.3 Å². The molecular formula is C13H15NO2. The number of hydrogen-bond acceptors (Lipinski definition) is 3. The Balaban J connectivity index is 0.000000120. The van der Waals surface area contributed by atoms with E-state index in [-0.39, 0.29) is 0 Å². The summed E-state index contributed by atoms with van der Waals surface area (Å²) < 4.78 is 10.1. The quantitative estimate of drug-likeness (QED) is 0.735. The lowest BCUT2D eigenvalue weighted by molar-refractivity contribution is -0.126. The van der Waals surface area contributed by atoms with Gasteiger partial charge in [0.05, 0.1) is 24.8 Å². The lowest BCUT2D eigenvalue weighted by Gasteiger charge is -2.20. The molecule has 0 amide bonds. The molecule has 0 spiro atoms. The third-order valence-corrected chi connectivity index (χ3v) is 2.90. The van der Waals surface area contributed by atoms with Crippen LogP contribution >= 0.6 is 0 Å². The Morgan fingerprint density at radius 3 is 2.38 bits per heavy atom. The summed E-state index contributed by atoms with van der Waals surface area (Å²) in [4.78, 5) is 0. The summed E-state index contributed by atoms with van der Waals surface area (Å²) in [5.74, 6) is 0.642. The molecule has 3 nitrogen and oxygen atoms in total. The fraction of sp³-hybridized carbons (Fsp3) is 0.462. The highest BCUT2D eigenvalue weighted by Crippen LogP contribution is 2.13. The fourth-order valence-corrected chi connectivity index (χ4v) is 1.65. The van der Waals surface area contributed by atoms with E-state index in [1.165, 1.54) is 11.6 Å². The van der Waals surface area contributed by atoms with Crippen LogP contribution in [0.1, 0.15) is 18.9 Å². The first kappa shape index (κ1) is 11.1. The molecule has 0 radical (unpaired) electrons. The van der Waals surface area contributed by atoms with Crippen LogP contribution in [0.15, 0.2) is 18.2 Å². The highest BCUT2D eigenvalue weighted by atomic mass is 16.7. The number of hydrogen-bond donors (Lipinski definition) is 0. The molecule has 1 heterocycles. The number of nitrogens with zero attached hydrogens (tertiary/aromatic N) is 1. The van der Waals surface area contributed by atoms with Crippen molar-refractivity contribution >= 4 is 0 Å². The maximum atomic E-state index is 8.32. The van der Waals surface area contributed by atoms with Crippen molar-refractivity contribution in [3.63, 3.8) is 0 Å². The average Bonchev–Trinajstić information content (AvgIpc) is 2.34. The molecule has 0 aromatic carbocycles. The summed E-state index contributed by atoms with van der Waals surface area (Å²) >= 11 is 0. The predicted octanol–water partition coefficient (Wildman–Crippen LogP) is 2.18. The maximum absolute atomic E-state index is 8.32. The number of benzene rings is 1. The van der Waals surface area contributed by atoms with Crippen LogP contribution in [0.4, 0.5) is 0 Å². The lowest BCUT2D eigenvalue weighted by Crippen LogP contribution is -2.23. The molecule has 84 valence electrons. The van der Waals surface area contributed by atoms with Crippen molar-refractivity contribution in [3.05, 3.63) is 34.2 Å². The molecule has 0 bridgehead atoms. The third kappa shape index (κ3) is 2.24. The van der Waals surface area contributed by atoms with Crippen molar-refractivity contribution in [2.24, 2.45) is 5.92 Å². The van der Waals surface area contributed by atoms with E-state index in [0.717, 1.165) is 24.0 Å². The Hall–Kier alpha value is -1.37. The number of ether oxygens (including phenoxy) is 2. The van der Waals surface area contributed by atoms with E-state index < -0.39 is 0 Å². The van der Waals surface area contributed by atoms with Crippen LogP contribution in [0.5, 0.6) is 0 Å². The van der Waals surface area contributed by atoms with Crippen molar-refractivity contribution in [3.8, 4) is 6.07 Å². The smallest absolute Gasteiger partial charge is 0.146 e. The second-order valence-corrected chi connectivity index (χ2v) is 4.01. The number of rotatable bonds is 1. The van der Waals surface area contributed by atoms with Gasteiger partial charge in [0.2, 0.25) is 0 Å². The molecule has 1 fully saturated rings. The lowest BCUT2D eigenvalue weighted by atomic mass is 10.0. The second-order valence-electron chi connectivity index (χ2n) is 4.01. The molecular weight excluding hydrogens is 202 g/mol. The Morgan fingerprint density at radius 2 is 2.12 bits per heavy atom. The summed E-state index contributed by atoms with van der Waals surface area (Å²) in [7, 11) is 0. The van der Waals surface area contributed by atoms with E-state index in [0.29, 0.717) is 12.7 Å². The fourth-order valence-electron chi connectivity index (χ4n) is 1.65. The predicted molar refractivity (Wildman–Crippen MR) is 59.4 cm³/mol. The largest absolute Gasteiger partial charge is 0.355 e. The molecule has 0 atom stereocenters. The van der Waals surface area contributed by atoms with Gasteiger partial charge in [-0.3, -0.25) is 0 Å². The Labute approximate surface area is 94.9 Å². The molecule has 1 saturated heterocycles. The Morgan fingerprint density at radius 1 is 1.38 bits per heavy atom. The summed E-state index contributed by atoms with van der Waals surface area (Å²) in [6, 6.07) is 7.96. The van der Waals surface area contributed by atoms with E-state index in [4.69, 9.17) is 14.7 Å². The zero-order valence-corrected chi connectivity index (χ0v) is 9.40. The third-order valence-electron chi connectivity index (χ3n) is 2.90. The molecule has 0 N–H and O–H groups in total. The molecule has 0 saturated carbocycles. The topological polar surface area (TPSA) is 42.2 Å². The van der Waals surface area contributed by atoms with Crippen LogP contribution in [0.25, 0.3) is 0 Å². The van der Waals surface area contributed by atoms with E-state index in [1.54, 1.807) is 0 Å². The molecule has 3 aliphatic rings. The van der Waals surface area contributed by atoms with Crippen LogP contribution in [0.2, 0.25) is 0 Å². The van der Waals surface area contributed by atoms with Crippen molar-refractivity contribution in [1.82, 2.24) is 0 Å². The molecule has 3 heteroatoms. The zero-order valence-electron chi connectivity index (χ0n) is 9.40. The van der Waals surface area contributed by atoms with E-state index in [2.05, 4.69) is 13.0 Å². The maximum Gasteiger partial charge on any atom is 0.146 e. The second kappa shape index (κ2) is 5.11. The minimum atomic E-state index is 0.497. The van der Waals surface area contributed by atoms with E-state index in [9.17, 15) is 0 Å². The zero-order chi connectivity index (χ0) is 11.4. The summed E-state index contributed by atoms with van der Waals surface area (Å²) in [5.41, 5.74) is 0.836. The normalized spacial score (nSPS) is 17.0. The van der Waals surface area contributed by atoms with Gasteiger partial charge in [-0.05, 0) is 22.9 Å². The van der Waals surface area contributed by atoms with Crippen molar-refractivity contribution in [2.75, 3.05) is 20.0 Å². The van der Waals surface area contributed by atoms with Crippen LogP contribution < -0.4 is 0 Å². The first-order chi connectivity index (χ1) is 7.85. The molecule has 1 aliphatic heterocycles. The van der Waals surface area contributed by atoms with Gasteiger partial charge in [-0.25, -0.2) is 0 Å². The van der Waals surface area contributed by atoms with Gasteiger partial charge < -0.3 is 9.47 Å². The van der Waals surface area contributed by atoms with Crippen LogP contribution in [0, 0.1) is 27.7 Å². The van der Waals surface area contributed by atoms with Gasteiger partial charge in [0.15, 0.2) is 0 Å². The Bertz CT molecular complexity index is 484. The van der Waals surface area contributed by atoms with Crippen LogP contribution in [0.3, 0.4) is 0 Å². The standard InChI is InChI=1S/C7H3N.C6H12O2/c8-4-6-3-5-1-2-7(5)6;1-2-6-3-7-5-8-4-6/h1-3H;6H,2-5H2,1H3. The van der Waals surface area contributed by atoms with Gasteiger partial charge >= 0.3 is 0 Å². The monoisotopic (exact) mass is 217 g/mol. The van der Waals surface area contributed by atoms with Gasteiger partial charge in [0.1, 0.15) is 6.79 Å². The summed E-state index contributed by atoms with van der Waals surface area (Å²) in [5, 5.41) is 10.7. The highest BCUT2D eigenvalue weighted by Gasteiger charge is 2.10. The minimum Gasteiger partial charge on any atom is -0.355 e. The molecule has 0 aromatic rings. The van der Waals surface area contributed by atoms with Crippen LogP contribution in [-0.2, 0) is 9.47 Å². The van der Waals surface area contributed by atoms with Crippen molar-refractivity contribution in [1.29, 1.82) is 5.26 Å².